The van der Waals surface area contributed by atoms with Crippen molar-refractivity contribution in [3.63, 3.8) is 0 Å². The summed E-state index contributed by atoms with van der Waals surface area (Å²) in [6, 6.07) is 20.0. The highest BCUT2D eigenvalue weighted by Crippen LogP contribution is 2.31. The molecule has 1 amide bonds. The molecule has 0 atom stereocenters. The molecule has 33 heavy (non-hydrogen) atoms. The number of carbonyl (C=O) groups is 1. The molecule has 0 unspecified atom stereocenters. The molecule has 4 aromatic rings. The summed E-state index contributed by atoms with van der Waals surface area (Å²) in [5.74, 6) is 0.138. The topological polar surface area (TPSA) is 59.0 Å². The first kappa shape index (κ1) is 22.3. The van der Waals surface area contributed by atoms with E-state index in [1.165, 1.54) is 0 Å². The molecule has 0 N–H and O–H groups in total. The number of carbonyl (C=O) groups excluding carboxylic acids is 1. The van der Waals surface area contributed by atoms with Crippen molar-refractivity contribution in [1.29, 1.82) is 0 Å². The van der Waals surface area contributed by atoms with E-state index in [1.807, 2.05) is 73.6 Å². The van der Waals surface area contributed by atoms with Crippen LogP contribution in [0.5, 0.6) is 0 Å². The number of hydrogen-bond acceptors (Lipinski definition) is 4. The molecule has 0 aliphatic heterocycles. The second-order valence-electron chi connectivity index (χ2n) is 7.90. The Labute approximate surface area is 195 Å². The van der Waals surface area contributed by atoms with Crippen LogP contribution in [0.1, 0.15) is 46.8 Å². The van der Waals surface area contributed by atoms with Gasteiger partial charge in [0.25, 0.3) is 5.91 Å². The van der Waals surface area contributed by atoms with Crippen molar-refractivity contribution in [2.75, 3.05) is 13.1 Å². The summed E-state index contributed by atoms with van der Waals surface area (Å²) < 4.78 is 0. The molecule has 0 saturated heterocycles. The summed E-state index contributed by atoms with van der Waals surface area (Å²) in [7, 11) is 0. The average molecular weight is 437 g/mol. The first-order valence-corrected chi connectivity index (χ1v) is 11.3. The third kappa shape index (κ3) is 5.14. The minimum atomic E-state index is 0.0444. The van der Waals surface area contributed by atoms with Gasteiger partial charge in [-0.05, 0) is 67.3 Å². The molecular formula is C28H28N4O. The molecule has 1 aromatic carbocycles. The van der Waals surface area contributed by atoms with Crippen molar-refractivity contribution in [2.24, 2.45) is 0 Å². The molecule has 4 rings (SSSR count). The molecule has 0 saturated carbocycles. The molecule has 3 aromatic heterocycles. The number of benzene rings is 1. The summed E-state index contributed by atoms with van der Waals surface area (Å²) >= 11 is 0. The van der Waals surface area contributed by atoms with E-state index in [2.05, 4.69) is 28.2 Å². The fourth-order valence-electron chi connectivity index (χ4n) is 4.17. The van der Waals surface area contributed by atoms with Gasteiger partial charge in [-0.2, -0.15) is 0 Å². The lowest BCUT2D eigenvalue weighted by molar-refractivity contribution is 0.0773. The smallest absolute Gasteiger partial charge is 0.253 e. The Balaban J connectivity index is 1.72. The second kappa shape index (κ2) is 10.6. The highest BCUT2D eigenvalue weighted by Gasteiger charge is 2.19. The van der Waals surface area contributed by atoms with Crippen molar-refractivity contribution < 1.29 is 4.79 Å². The van der Waals surface area contributed by atoms with E-state index >= 15 is 0 Å². The van der Waals surface area contributed by atoms with Gasteiger partial charge in [0.1, 0.15) is 0 Å². The molecule has 0 aliphatic carbocycles. The number of pyridine rings is 3. The molecule has 0 spiro atoms. The minimum Gasteiger partial charge on any atom is -0.339 e. The summed E-state index contributed by atoms with van der Waals surface area (Å²) in [5, 5.41) is 0. The average Bonchev–Trinajstić information content (AvgIpc) is 2.89. The van der Waals surface area contributed by atoms with Crippen LogP contribution in [-0.2, 0) is 6.42 Å². The lowest BCUT2D eigenvalue weighted by Gasteiger charge is -2.20. The maximum Gasteiger partial charge on any atom is 0.253 e. The molecule has 0 bridgehead atoms. The van der Waals surface area contributed by atoms with Crippen LogP contribution in [0.3, 0.4) is 0 Å². The number of aromatic nitrogens is 3. The van der Waals surface area contributed by atoms with Gasteiger partial charge in [0.15, 0.2) is 0 Å². The summed E-state index contributed by atoms with van der Waals surface area (Å²) in [4.78, 5) is 28.1. The highest BCUT2D eigenvalue weighted by molar-refractivity contribution is 5.95. The SMILES string of the molecule is CCN(CC)C(=O)c1cccc(-c2ncccc2CC(c2cccnc2)c2cccnc2)c1. The lowest BCUT2D eigenvalue weighted by atomic mass is 9.86. The predicted molar refractivity (Wildman–Crippen MR) is 131 cm³/mol. The van der Waals surface area contributed by atoms with E-state index in [-0.39, 0.29) is 11.8 Å². The van der Waals surface area contributed by atoms with Crippen LogP contribution in [0.4, 0.5) is 0 Å². The number of amides is 1. The van der Waals surface area contributed by atoms with Gasteiger partial charge >= 0.3 is 0 Å². The Bertz CT molecular complexity index is 1150. The van der Waals surface area contributed by atoms with Gasteiger partial charge in [-0.15, -0.1) is 0 Å². The Morgan fingerprint density at radius 1 is 0.848 bits per heavy atom. The summed E-state index contributed by atoms with van der Waals surface area (Å²) in [5.41, 5.74) is 5.90. The number of rotatable bonds is 8. The van der Waals surface area contributed by atoms with Gasteiger partial charge in [0.05, 0.1) is 5.69 Å². The molecule has 0 fully saturated rings. The molecule has 166 valence electrons. The monoisotopic (exact) mass is 436 g/mol. The van der Waals surface area contributed by atoms with Gasteiger partial charge in [-0.1, -0.05) is 30.3 Å². The van der Waals surface area contributed by atoms with E-state index in [1.54, 1.807) is 18.6 Å². The van der Waals surface area contributed by atoms with Gasteiger partial charge in [0.2, 0.25) is 0 Å². The lowest BCUT2D eigenvalue weighted by Crippen LogP contribution is -2.30. The van der Waals surface area contributed by atoms with Crippen molar-refractivity contribution in [2.45, 2.75) is 26.2 Å². The Kier molecular flexibility index (Phi) is 7.20. The van der Waals surface area contributed by atoms with Crippen LogP contribution in [0.2, 0.25) is 0 Å². The van der Waals surface area contributed by atoms with Crippen LogP contribution in [0.15, 0.2) is 91.6 Å². The van der Waals surface area contributed by atoms with Gasteiger partial charge in [0, 0.05) is 61.1 Å². The zero-order valence-corrected chi connectivity index (χ0v) is 19.1. The van der Waals surface area contributed by atoms with E-state index in [0.29, 0.717) is 18.7 Å². The largest absolute Gasteiger partial charge is 0.339 e. The molecule has 3 heterocycles. The number of nitrogens with zero attached hydrogens (tertiary/aromatic N) is 4. The van der Waals surface area contributed by atoms with Crippen molar-refractivity contribution in [1.82, 2.24) is 19.9 Å². The Morgan fingerprint density at radius 2 is 1.52 bits per heavy atom. The third-order valence-electron chi connectivity index (χ3n) is 5.92. The summed E-state index contributed by atoms with van der Waals surface area (Å²) in [6.07, 6.45) is 9.96. The van der Waals surface area contributed by atoms with Crippen LogP contribution in [0, 0.1) is 0 Å². The van der Waals surface area contributed by atoms with Crippen molar-refractivity contribution in [3.05, 3.63) is 114 Å². The van der Waals surface area contributed by atoms with Crippen LogP contribution in [-0.4, -0.2) is 38.8 Å². The third-order valence-corrected chi connectivity index (χ3v) is 5.92. The van der Waals surface area contributed by atoms with Crippen LogP contribution >= 0.6 is 0 Å². The summed E-state index contributed by atoms with van der Waals surface area (Å²) in [6.45, 7) is 5.37. The standard InChI is InChI=1S/C28H28N4O/c1-3-32(4-2)28(33)23-10-5-9-21(17-23)27-22(11-8-16-31-27)18-26(24-12-6-14-29-19-24)25-13-7-15-30-20-25/h5-17,19-20,26H,3-4,18H2,1-2H3. The predicted octanol–water partition coefficient (Wildman–Crippen LogP) is 5.40. The first-order valence-electron chi connectivity index (χ1n) is 11.3. The van der Waals surface area contributed by atoms with Crippen LogP contribution < -0.4 is 0 Å². The van der Waals surface area contributed by atoms with E-state index < -0.39 is 0 Å². The Hall–Kier alpha value is -3.86. The Morgan fingerprint density at radius 3 is 2.12 bits per heavy atom. The molecule has 0 aliphatic rings. The normalized spacial score (nSPS) is 10.9. The van der Waals surface area contributed by atoms with E-state index in [9.17, 15) is 4.79 Å². The van der Waals surface area contributed by atoms with E-state index in [0.717, 1.165) is 34.4 Å². The van der Waals surface area contributed by atoms with Crippen molar-refractivity contribution >= 4 is 5.91 Å². The molecule has 5 heteroatoms. The van der Waals surface area contributed by atoms with Crippen LogP contribution in [0.25, 0.3) is 11.3 Å². The number of hydrogen-bond donors (Lipinski definition) is 0. The van der Waals surface area contributed by atoms with Gasteiger partial charge in [-0.3, -0.25) is 19.7 Å². The van der Waals surface area contributed by atoms with E-state index in [4.69, 9.17) is 4.98 Å². The maximum atomic E-state index is 12.9. The fourth-order valence-corrected chi connectivity index (χ4v) is 4.17. The highest BCUT2D eigenvalue weighted by atomic mass is 16.2. The molecule has 0 radical (unpaired) electrons. The van der Waals surface area contributed by atoms with Crippen molar-refractivity contribution in [3.8, 4) is 11.3 Å². The minimum absolute atomic E-state index is 0.0444. The molecular weight excluding hydrogens is 408 g/mol. The zero-order chi connectivity index (χ0) is 23.0. The maximum absolute atomic E-state index is 12.9. The van der Waals surface area contributed by atoms with Gasteiger partial charge < -0.3 is 4.90 Å². The molecule has 5 nitrogen and oxygen atoms in total. The quantitative estimate of drug-likeness (QED) is 0.371. The zero-order valence-electron chi connectivity index (χ0n) is 19.1. The first-order chi connectivity index (χ1) is 16.2. The fraction of sp³-hybridized carbons (Fsp3) is 0.214. The second-order valence-corrected chi connectivity index (χ2v) is 7.90. The van der Waals surface area contributed by atoms with Gasteiger partial charge in [-0.25, -0.2) is 0 Å².